The van der Waals surface area contributed by atoms with E-state index in [1.165, 1.54) is 11.3 Å². The minimum Gasteiger partial charge on any atom is -0.444 e. The van der Waals surface area contributed by atoms with Crippen molar-refractivity contribution in [2.24, 2.45) is 0 Å². The molecule has 2 heterocycles. The molecule has 1 aliphatic carbocycles. The molecule has 1 aromatic rings. The first-order chi connectivity index (χ1) is 11.2. The van der Waals surface area contributed by atoms with Crippen LogP contribution in [0.5, 0.6) is 0 Å². The average molecular weight is 356 g/mol. The van der Waals surface area contributed by atoms with Crippen molar-refractivity contribution in [3.8, 4) is 0 Å². The van der Waals surface area contributed by atoms with Crippen LogP contribution in [0.4, 0.5) is 9.93 Å². The molecule has 1 saturated heterocycles. The molecule has 2 fully saturated rings. The second-order valence-corrected chi connectivity index (χ2v) is 8.33. The first-order valence-corrected chi connectivity index (χ1v) is 8.98. The third-order valence-corrected chi connectivity index (χ3v) is 5.33. The van der Waals surface area contributed by atoms with E-state index >= 15 is 0 Å². The summed E-state index contributed by atoms with van der Waals surface area (Å²) in [6, 6.07) is 0. The molecule has 0 aromatic carbocycles. The smallest absolute Gasteiger partial charge is 0.413 e. The van der Waals surface area contributed by atoms with E-state index in [0.717, 1.165) is 4.88 Å². The second-order valence-electron chi connectivity index (χ2n) is 7.30. The molecular weight excluding hydrogens is 332 g/mol. The van der Waals surface area contributed by atoms with Gasteiger partial charge in [-0.3, -0.25) is 5.32 Å². The number of amides is 1. The fourth-order valence-corrected chi connectivity index (χ4v) is 3.96. The van der Waals surface area contributed by atoms with Crippen molar-refractivity contribution < 1.29 is 24.1 Å². The van der Waals surface area contributed by atoms with Gasteiger partial charge < -0.3 is 19.3 Å². The molecule has 134 valence electrons. The van der Waals surface area contributed by atoms with Crippen molar-refractivity contribution >= 4 is 22.6 Å². The zero-order valence-electron chi connectivity index (χ0n) is 14.3. The van der Waals surface area contributed by atoms with E-state index in [2.05, 4.69) is 10.3 Å². The largest absolute Gasteiger partial charge is 0.444 e. The van der Waals surface area contributed by atoms with Crippen LogP contribution in [0.3, 0.4) is 0 Å². The molecule has 1 amide bonds. The number of aromatic nitrogens is 1. The Hall–Kier alpha value is -1.22. The normalized spacial score (nSPS) is 22.5. The summed E-state index contributed by atoms with van der Waals surface area (Å²) in [5.74, 6) is -0.519. The number of aliphatic hydroxyl groups is 1. The Morgan fingerprint density at radius 3 is 2.50 bits per heavy atom. The van der Waals surface area contributed by atoms with Gasteiger partial charge in [0.25, 0.3) is 0 Å². The van der Waals surface area contributed by atoms with Crippen LogP contribution in [0, 0.1) is 0 Å². The summed E-state index contributed by atoms with van der Waals surface area (Å²) in [5.41, 5.74) is -1.52. The van der Waals surface area contributed by atoms with Crippen molar-refractivity contribution in [2.45, 2.75) is 63.4 Å². The van der Waals surface area contributed by atoms with Crippen LogP contribution < -0.4 is 5.32 Å². The van der Waals surface area contributed by atoms with E-state index < -0.39 is 23.1 Å². The summed E-state index contributed by atoms with van der Waals surface area (Å²) >= 11 is 1.27. The molecule has 1 spiro atoms. The van der Waals surface area contributed by atoms with Crippen LogP contribution in [0.25, 0.3) is 0 Å². The Bertz CT molecular complexity index is 594. The maximum atomic E-state index is 11.8. The van der Waals surface area contributed by atoms with Crippen molar-refractivity contribution in [1.82, 2.24) is 4.98 Å². The molecule has 0 bridgehead atoms. The number of nitrogens with zero attached hydrogens (tertiary/aromatic N) is 1. The number of carbonyl (C=O) groups excluding carboxylic acids is 1. The summed E-state index contributed by atoms with van der Waals surface area (Å²) in [4.78, 5) is 16.7. The van der Waals surface area contributed by atoms with Crippen molar-refractivity contribution in [3.63, 3.8) is 0 Å². The molecule has 1 saturated carbocycles. The summed E-state index contributed by atoms with van der Waals surface area (Å²) < 4.78 is 16.6. The number of hydrogen-bond donors (Lipinski definition) is 2. The van der Waals surface area contributed by atoms with Crippen molar-refractivity contribution in [3.05, 3.63) is 11.1 Å². The van der Waals surface area contributed by atoms with E-state index in [1.807, 2.05) is 0 Å². The fraction of sp³-hybridized carbons (Fsp3) is 0.750. The summed E-state index contributed by atoms with van der Waals surface area (Å²) in [7, 11) is 0. The SMILES string of the molecule is CC(C)(C)OC(=O)Nc1ncc(C2(O)CCC3(CC2)OCCO3)s1. The first-order valence-electron chi connectivity index (χ1n) is 8.16. The third-order valence-electron chi connectivity index (χ3n) is 4.22. The van der Waals surface area contributed by atoms with Crippen molar-refractivity contribution in [1.29, 1.82) is 0 Å². The Balaban J connectivity index is 1.62. The molecule has 1 aromatic heterocycles. The second kappa shape index (κ2) is 6.25. The van der Waals surface area contributed by atoms with Crippen LogP contribution in [0.15, 0.2) is 6.20 Å². The van der Waals surface area contributed by atoms with E-state index in [1.54, 1.807) is 27.0 Å². The molecular formula is C16H24N2O5S. The predicted molar refractivity (Wildman–Crippen MR) is 89.0 cm³/mol. The van der Waals surface area contributed by atoms with Gasteiger partial charge >= 0.3 is 6.09 Å². The highest BCUT2D eigenvalue weighted by Gasteiger charge is 2.47. The van der Waals surface area contributed by atoms with Crippen LogP contribution >= 0.6 is 11.3 Å². The molecule has 0 radical (unpaired) electrons. The van der Waals surface area contributed by atoms with Crippen molar-refractivity contribution in [2.75, 3.05) is 18.5 Å². The molecule has 0 unspecified atom stereocenters. The summed E-state index contributed by atoms with van der Waals surface area (Å²) in [6.07, 6.45) is 3.45. The number of anilines is 1. The van der Waals surface area contributed by atoms with Gasteiger partial charge in [0.1, 0.15) is 11.2 Å². The lowest BCUT2D eigenvalue weighted by Crippen LogP contribution is -2.41. The average Bonchev–Trinajstić information content (AvgIpc) is 3.11. The lowest BCUT2D eigenvalue weighted by atomic mass is 9.80. The summed E-state index contributed by atoms with van der Waals surface area (Å²) in [5, 5.41) is 14.0. The van der Waals surface area contributed by atoms with Gasteiger partial charge in [-0.1, -0.05) is 11.3 Å². The standard InChI is InChI=1S/C16H24N2O5S/c1-14(2,3)23-13(19)18-12-17-10-11(24-12)15(20)4-6-16(7-5-15)21-8-9-22-16/h10,20H,4-9H2,1-3H3,(H,17,18,19). The van der Waals surface area contributed by atoms with Gasteiger partial charge in [-0.2, -0.15) is 0 Å². The zero-order chi connectivity index (χ0) is 17.4. The molecule has 1 aliphatic heterocycles. The number of hydrogen-bond acceptors (Lipinski definition) is 7. The number of nitrogens with one attached hydrogen (secondary N) is 1. The monoisotopic (exact) mass is 356 g/mol. The quantitative estimate of drug-likeness (QED) is 0.847. The summed E-state index contributed by atoms with van der Waals surface area (Å²) in [6.45, 7) is 6.63. The highest BCUT2D eigenvalue weighted by molar-refractivity contribution is 7.15. The van der Waals surface area contributed by atoms with Crippen LogP contribution in [-0.2, 0) is 19.8 Å². The van der Waals surface area contributed by atoms with Gasteiger partial charge in [-0.05, 0) is 33.6 Å². The maximum Gasteiger partial charge on any atom is 0.413 e. The fourth-order valence-electron chi connectivity index (χ4n) is 3.01. The lowest BCUT2D eigenvalue weighted by molar-refractivity contribution is -0.203. The van der Waals surface area contributed by atoms with Gasteiger partial charge in [-0.25, -0.2) is 9.78 Å². The minimum atomic E-state index is -0.952. The Labute approximate surface area is 145 Å². The van der Waals surface area contributed by atoms with E-state index in [0.29, 0.717) is 44.0 Å². The molecule has 7 nitrogen and oxygen atoms in total. The Kier molecular flexibility index (Phi) is 4.59. The zero-order valence-corrected chi connectivity index (χ0v) is 15.1. The molecule has 8 heteroatoms. The molecule has 0 atom stereocenters. The molecule has 2 aliphatic rings. The highest BCUT2D eigenvalue weighted by atomic mass is 32.1. The van der Waals surface area contributed by atoms with Gasteiger partial charge in [-0.15, -0.1) is 0 Å². The first kappa shape index (κ1) is 17.6. The number of rotatable bonds is 2. The molecule has 24 heavy (non-hydrogen) atoms. The topological polar surface area (TPSA) is 89.9 Å². The van der Waals surface area contributed by atoms with Crippen LogP contribution in [0.2, 0.25) is 0 Å². The van der Waals surface area contributed by atoms with Gasteiger partial charge in [0.2, 0.25) is 0 Å². The number of ether oxygens (including phenoxy) is 3. The predicted octanol–water partition coefficient (Wildman–Crippen LogP) is 2.99. The third kappa shape index (κ3) is 3.88. The number of carbonyl (C=O) groups is 1. The van der Waals surface area contributed by atoms with Crippen LogP contribution in [0.1, 0.15) is 51.3 Å². The van der Waals surface area contributed by atoms with E-state index in [-0.39, 0.29) is 0 Å². The van der Waals surface area contributed by atoms with Gasteiger partial charge in [0.15, 0.2) is 10.9 Å². The van der Waals surface area contributed by atoms with Gasteiger partial charge in [0.05, 0.1) is 18.1 Å². The lowest BCUT2D eigenvalue weighted by Gasteiger charge is -2.39. The Morgan fingerprint density at radius 2 is 1.92 bits per heavy atom. The maximum absolute atomic E-state index is 11.8. The van der Waals surface area contributed by atoms with Crippen LogP contribution in [-0.4, -0.2) is 40.8 Å². The minimum absolute atomic E-state index is 0.418. The van der Waals surface area contributed by atoms with E-state index in [4.69, 9.17) is 14.2 Å². The number of thiazole rings is 1. The Morgan fingerprint density at radius 1 is 1.29 bits per heavy atom. The molecule has 2 N–H and O–H groups in total. The van der Waals surface area contributed by atoms with Gasteiger partial charge in [0, 0.05) is 19.0 Å². The highest BCUT2D eigenvalue weighted by Crippen LogP contribution is 2.46. The molecule has 3 rings (SSSR count). The van der Waals surface area contributed by atoms with E-state index in [9.17, 15) is 9.90 Å².